The summed E-state index contributed by atoms with van der Waals surface area (Å²) in [5.41, 5.74) is 1.84. The Bertz CT molecular complexity index is 478. The van der Waals surface area contributed by atoms with E-state index in [-0.39, 0.29) is 5.82 Å². The smallest absolute Gasteiger partial charge is 0.158 e. The van der Waals surface area contributed by atoms with Gasteiger partial charge < -0.3 is 0 Å². The van der Waals surface area contributed by atoms with Gasteiger partial charge in [-0.15, -0.1) is 0 Å². The van der Waals surface area contributed by atoms with Crippen LogP contribution in [0.1, 0.15) is 11.4 Å². The molecule has 0 amide bonds. The van der Waals surface area contributed by atoms with Gasteiger partial charge in [0.25, 0.3) is 0 Å². The average Bonchev–Trinajstić information content (AvgIpc) is 2.43. The van der Waals surface area contributed by atoms with E-state index in [9.17, 15) is 4.39 Å². The Kier molecular flexibility index (Phi) is 1.98. The summed E-state index contributed by atoms with van der Waals surface area (Å²) in [6.45, 7) is 3.48. The SMILES string of the molecule is Cc1nc2[nH]nc(C)c2c(I)c1F. The van der Waals surface area contributed by atoms with Crippen molar-refractivity contribution in [1.29, 1.82) is 0 Å². The fraction of sp³-hybridized carbons (Fsp3) is 0.250. The number of aromatic nitrogens is 3. The van der Waals surface area contributed by atoms with E-state index in [4.69, 9.17) is 0 Å². The first kappa shape index (κ1) is 8.86. The summed E-state index contributed by atoms with van der Waals surface area (Å²) in [5, 5.41) is 7.53. The van der Waals surface area contributed by atoms with Crippen LogP contribution in [-0.4, -0.2) is 15.2 Å². The first-order valence-electron chi connectivity index (χ1n) is 3.77. The summed E-state index contributed by atoms with van der Waals surface area (Å²) in [7, 11) is 0. The van der Waals surface area contributed by atoms with E-state index < -0.39 is 0 Å². The fourth-order valence-electron chi connectivity index (χ4n) is 1.25. The minimum atomic E-state index is -0.252. The minimum Gasteiger partial charge on any atom is -0.261 e. The highest BCUT2D eigenvalue weighted by molar-refractivity contribution is 14.1. The van der Waals surface area contributed by atoms with Gasteiger partial charge in [-0.1, -0.05) is 0 Å². The van der Waals surface area contributed by atoms with Gasteiger partial charge in [0.1, 0.15) is 0 Å². The van der Waals surface area contributed by atoms with Crippen molar-refractivity contribution in [2.24, 2.45) is 0 Å². The average molecular weight is 291 g/mol. The maximum absolute atomic E-state index is 13.4. The summed E-state index contributed by atoms with van der Waals surface area (Å²) >= 11 is 1.98. The highest BCUT2D eigenvalue weighted by Crippen LogP contribution is 2.24. The number of nitrogens with zero attached hydrogens (tertiary/aromatic N) is 2. The van der Waals surface area contributed by atoms with E-state index in [0.29, 0.717) is 14.9 Å². The maximum Gasteiger partial charge on any atom is 0.158 e. The van der Waals surface area contributed by atoms with Crippen molar-refractivity contribution in [1.82, 2.24) is 15.2 Å². The van der Waals surface area contributed by atoms with Crippen molar-refractivity contribution in [2.75, 3.05) is 0 Å². The van der Waals surface area contributed by atoms with Crippen LogP contribution in [-0.2, 0) is 0 Å². The normalized spacial score (nSPS) is 11.1. The Labute approximate surface area is 87.9 Å². The van der Waals surface area contributed by atoms with Gasteiger partial charge in [-0.05, 0) is 36.4 Å². The van der Waals surface area contributed by atoms with Gasteiger partial charge in [0.15, 0.2) is 11.5 Å². The van der Waals surface area contributed by atoms with Crippen molar-refractivity contribution < 1.29 is 4.39 Å². The largest absolute Gasteiger partial charge is 0.261 e. The molecule has 2 heterocycles. The lowest BCUT2D eigenvalue weighted by molar-refractivity contribution is 0.605. The van der Waals surface area contributed by atoms with Gasteiger partial charge in [0.05, 0.1) is 20.3 Å². The highest BCUT2D eigenvalue weighted by atomic mass is 127. The predicted octanol–water partition coefficient (Wildman–Crippen LogP) is 2.32. The number of nitrogens with one attached hydrogen (secondary N) is 1. The van der Waals surface area contributed by atoms with Gasteiger partial charge in [-0.2, -0.15) is 5.10 Å². The van der Waals surface area contributed by atoms with E-state index in [0.717, 1.165) is 11.1 Å². The third-order valence-electron chi connectivity index (χ3n) is 1.94. The molecule has 0 aliphatic carbocycles. The number of aromatic amines is 1. The number of pyridine rings is 1. The number of rotatable bonds is 0. The molecule has 0 atom stereocenters. The lowest BCUT2D eigenvalue weighted by Crippen LogP contribution is -1.93. The third-order valence-corrected chi connectivity index (χ3v) is 2.95. The molecule has 0 radical (unpaired) electrons. The molecule has 0 saturated heterocycles. The van der Waals surface area contributed by atoms with Gasteiger partial charge in [-0.25, -0.2) is 9.37 Å². The summed E-state index contributed by atoms with van der Waals surface area (Å²) in [4.78, 5) is 4.06. The van der Waals surface area contributed by atoms with Crippen LogP contribution in [0.3, 0.4) is 0 Å². The molecule has 0 saturated carbocycles. The number of hydrogen-bond acceptors (Lipinski definition) is 2. The zero-order valence-electron chi connectivity index (χ0n) is 7.15. The zero-order valence-corrected chi connectivity index (χ0v) is 9.31. The van der Waals surface area contributed by atoms with Crippen LogP contribution < -0.4 is 0 Å². The number of fused-ring (bicyclic) bond motifs is 1. The van der Waals surface area contributed by atoms with Crippen LogP contribution in [0.2, 0.25) is 0 Å². The molecule has 0 bridgehead atoms. The third kappa shape index (κ3) is 1.21. The molecule has 0 aromatic carbocycles. The molecule has 0 unspecified atom stereocenters. The second-order valence-corrected chi connectivity index (χ2v) is 3.94. The van der Waals surface area contributed by atoms with Crippen molar-refractivity contribution in [3.63, 3.8) is 0 Å². The van der Waals surface area contributed by atoms with E-state index >= 15 is 0 Å². The number of H-pyrrole nitrogens is 1. The van der Waals surface area contributed by atoms with Crippen LogP contribution >= 0.6 is 22.6 Å². The molecule has 0 spiro atoms. The van der Waals surface area contributed by atoms with Crippen molar-refractivity contribution >= 4 is 33.6 Å². The molecule has 68 valence electrons. The molecule has 13 heavy (non-hydrogen) atoms. The molecule has 0 aliphatic heterocycles. The first-order valence-corrected chi connectivity index (χ1v) is 4.85. The lowest BCUT2D eigenvalue weighted by Gasteiger charge is -1.99. The molecule has 2 rings (SSSR count). The molecule has 2 aromatic rings. The molecule has 1 N–H and O–H groups in total. The standard InChI is InChI=1S/C8H7FIN3/c1-3-5-7(10)6(9)4(2)11-8(5)13-12-3/h1-2H3,(H,11,12,13). The molecule has 3 nitrogen and oxygen atoms in total. The van der Waals surface area contributed by atoms with Gasteiger partial charge in [-0.3, -0.25) is 5.10 Å². The Morgan fingerprint density at radius 2 is 2.00 bits per heavy atom. The quantitative estimate of drug-likeness (QED) is 0.757. The van der Waals surface area contributed by atoms with E-state index in [1.807, 2.05) is 29.5 Å². The summed E-state index contributed by atoms with van der Waals surface area (Å²) < 4.78 is 14.0. The Morgan fingerprint density at radius 3 is 2.69 bits per heavy atom. The van der Waals surface area contributed by atoms with Crippen LogP contribution in [0.4, 0.5) is 4.39 Å². The molecule has 0 aliphatic rings. The lowest BCUT2D eigenvalue weighted by atomic mass is 10.2. The second-order valence-electron chi connectivity index (χ2n) is 2.86. The van der Waals surface area contributed by atoms with Crippen LogP contribution in [0.25, 0.3) is 11.0 Å². The summed E-state index contributed by atoms with van der Waals surface area (Å²) in [6.07, 6.45) is 0. The van der Waals surface area contributed by atoms with Crippen molar-refractivity contribution in [3.05, 3.63) is 20.8 Å². The molecular formula is C8H7FIN3. The van der Waals surface area contributed by atoms with Gasteiger partial charge in [0, 0.05) is 0 Å². The predicted molar refractivity (Wildman–Crippen MR) is 56.0 cm³/mol. The van der Waals surface area contributed by atoms with Crippen LogP contribution in [0.15, 0.2) is 0 Å². The number of halogens is 2. The molecular weight excluding hydrogens is 284 g/mol. The Morgan fingerprint density at radius 1 is 1.31 bits per heavy atom. The first-order chi connectivity index (χ1) is 6.11. The zero-order chi connectivity index (χ0) is 9.59. The highest BCUT2D eigenvalue weighted by Gasteiger charge is 2.13. The molecule has 5 heteroatoms. The minimum absolute atomic E-state index is 0.252. The van der Waals surface area contributed by atoms with Crippen LogP contribution in [0, 0.1) is 23.2 Å². The van der Waals surface area contributed by atoms with Crippen molar-refractivity contribution in [2.45, 2.75) is 13.8 Å². The topological polar surface area (TPSA) is 41.6 Å². The van der Waals surface area contributed by atoms with E-state index in [1.54, 1.807) is 6.92 Å². The molecule has 2 aromatic heterocycles. The monoisotopic (exact) mass is 291 g/mol. The van der Waals surface area contributed by atoms with Crippen LogP contribution in [0.5, 0.6) is 0 Å². The fourth-order valence-corrected chi connectivity index (χ4v) is 2.29. The Balaban J connectivity index is 2.97. The number of aryl methyl sites for hydroxylation is 2. The summed E-state index contributed by atoms with van der Waals surface area (Å²) in [5.74, 6) is -0.252. The number of hydrogen-bond donors (Lipinski definition) is 1. The molecule has 0 fully saturated rings. The summed E-state index contributed by atoms with van der Waals surface area (Å²) in [6, 6.07) is 0. The van der Waals surface area contributed by atoms with Gasteiger partial charge >= 0.3 is 0 Å². The van der Waals surface area contributed by atoms with E-state index in [1.165, 1.54) is 0 Å². The van der Waals surface area contributed by atoms with Crippen molar-refractivity contribution in [3.8, 4) is 0 Å². The second kappa shape index (κ2) is 2.90. The Hall–Kier alpha value is -0.720. The van der Waals surface area contributed by atoms with Gasteiger partial charge in [0.2, 0.25) is 0 Å². The maximum atomic E-state index is 13.4. The van der Waals surface area contributed by atoms with E-state index in [2.05, 4.69) is 15.2 Å².